The van der Waals surface area contributed by atoms with Gasteiger partial charge in [0.15, 0.2) is 0 Å². The van der Waals surface area contributed by atoms with Crippen LogP contribution in [0, 0.1) is 5.41 Å². The Hall–Kier alpha value is -0.310. The van der Waals surface area contributed by atoms with Crippen LogP contribution in [0.15, 0.2) is 18.3 Å². The summed E-state index contributed by atoms with van der Waals surface area (Å²) in [7, 11) is 0. The van der Waals surface area contributed by atoms with Gasteiger partial charge in [-0.1, -0.05) is 38.4 Å². The molecule has 0 saturated heterocycles. The number of pyridine rings is 1. The molecule has 0 spiro atoms. The van der Waals surface area contributed by atoms with Crippen molar-refractivity contribution in [2.75, 3.05) is 6.54 Å². The van der Waals surface area contributed by atoms with E-state index >= 15 is 0 Å². The van der Waals surface area contributed by atoms with Gasteiger partial charge < -0.3 is 5.32 Å². The molecule has 0 radical (unpaired) electrons. The molecule has 86 valence electrons. The Bertz CT molecular complexity index is 278. The van der Waals surface area contributed by atoms with Crippen LogP contribution < -0.4 is 5.32 Å². The molecule has 0 atom stereocenters. The van der Waals surface area contributed by atoms with Crippen LogP contribution in [-0.2, 0) is 6.54 Å². The minimum atomic E-state index is 0. The molecule has 0 fully saturated rings. The van der Waals surface area contributed by atoms with Crippen LogP contribution >= 0.6 is 24.0 Å². The zero-order valence-electron chi connectivity index (χ0n) is 9.38. The Morgan fingerprint density at radius 1 is 1.33 bits per heavy atom. The van der Waals surface area contributed by atoms with Gasteiger partial charge in [0.25, 0.3) is 0 Å². The van der Waals surface area contributed by atoms with E-state index in [1.807, 2.05) is 12.1 Å². The minimum absolute atomic E-state index is 0. The second-order valence-electron chi connectivity index (χ2n) is 4.65. The molecule has 0 saturated carbocycles. The molecule has 0 amide bonds. The lowest BCUT2D eigenvalue weighted by atomic mass is 9.97. The topological polar surface area (TPSA) is 24.9 Å². The monoisotopic (exact) mass is 248 g/mol. The standard InChI is InChI=1S/C11H17ClN2.ClH/c1-11(2,3)8-13-6-9-4-5-10(12)14-7-9;/h4-5,7,13H,6,8H2,1-3H3;1H. The Labute approximate surface area is 103 Å². The summed E-state index contributed by atoms with van der Waals surface area (Å²) in [5, 5.41) is 3.92. The zero-order chi connectivity index (χ0) is 10.6. The van der Waals surface area contributed by atoms with Crippen LogP contribution in [0.4, 0.5) is 0 Å². The van der Waals surface area contributed by atoms with Crippen molar-refractivity contribution in [2.24, 2.45) is 5.41 Å². The minimum Gasteiger partial charge on any atom is -0.312 e. The third-order valence-corrected chi connectivity index (χ3v) is 2.00. The lowest BCUT2D eigenvalue weighted by Crippen LogP contribution is -2.26. The quantitative estimate of drug-likeness (QED) is 0.831. The first kappa shape index (κ1) is 14.7. The zero-order valence-corrected chi connectivity index (χ0v) is 11.0. The first-order valence-electron chi connectivity index (χ1n) is 4.78. The number of hydrogen-bond acceptors (Lipinski definition) is 2. The molecule has 0 unspecified atom stereocenters. The highest BCUT2D eigenvalue weighted by Crippen LogP contribution is 2.11. The summed E-state index contributed by atoms with van der Waals surface area (Å²) in [5.41, 5.74) is 1.48. The maximum atomic E-state index is 5.69. The summed E-state index contributed by atoms with van der Waals surface area (Å²) in [6.07, 6.45) is 1.80. The summed E-state index contributed by atoms with van der Waals surface area (Å²) in [6.45, 7) is 8.47. The van der Waals surface area contributed by atoms with Crippen LogP contribution in [-0.4, -0.2) is 11.5 Å². The lowest BCUT2D eigenvalue weighted by Gasteiger charge is -2.18. The molecule has 0 aliphatic carbocycles. The number of rotatable bonds is 3. The van der Waals surface area contributed by atoms with Crippen LogP contribution in [0.25, 0.3) is 0 Å². The van der Waals surface area contributed by atoms with Crippen molar-refractivity contribution in [3.63, 3.8) is 0 Å². The molecule has 1 aromatic rings. The van der Waals surface area contributed by atoms with Gasteiger partial charge in [0.05, 0.1) is 0 Å². The fourth-order valence-electron chi connectivity index (χ4n) is 1.09. The number of nitrogens with zero attached hydrogens (tertiary/aromatic N) is 1. The first-order chi connectivity index (χ1) is 6.47. The molecule has 1 N–H and O–H groups in total. The Morgan fingerprint density at radius 2 is 2.00 bits per heavy atom. The van der Waals surface area contributed by atoms with E-state index in [9.17, 15) is 0 Å². The van der Waals surface area contributed by atoms with Crippen LogP contribution in [0.2, 0.25) is 5.15 Å². The van der Waals surface area contributed by atoms with Crippen molar-refractivity contribution in [3.8, 4) is 0 Å². The molecule has 0 aliphatic heterocycles. The maximum Gasteiger partial charge on any atom is 0.129 e. The van der Waals surface area contributed by atoms with E-state index in [2.05, 4.69) is 31.1 Å². The smallest absolute Gasteiger partial charge is 0.129 e. The molecule has 0 aliphatic rings. The van der Waals surface area contributed by atoms with E-state index in [0.29, 0.717) is 10.6 Å². The third-order valence-electron chi connectivity index (χ3n) is 1.77. The van der Waals surface area contributed by atoms with E-state index < -0.39 is 0 Å². The Kier molecular flexibility index (Phi) is 6.18. The number of nitrogens with one attached hydrogen (secondary N) is 1. The molecule has 1 heterocycles. The normalized spacial score (nSPS) is 10.9. The third kappa shape index (κ3) is 6.72. The molecular weight excluding hydrogens is 231 g/mol. The fourth-order valence-corrected chi connectivity index (χ4v) is 1.20. The molecule has 4 heteroatoms. The van der Waals surface area contributed by atoms with E-state index in [0.717, 1.165) is 13.1 Å². The van der Waals surface area contributed by atoms with Gasteiger partial charge in [0, 0.05) is 19.3 Å². The van der Waals surface area contributed by atoms with Crippen molar-refractivity contribution in [2.45, 2.75) is 27.3 Å². The highest BCUT2D eigenvalue weighted by Gasteiger charge is 2.08. The van der Waals surface area contributed by atoms with Crippen LogP contribution in [0.3, 0.4) is 0 Å². The average Bonchev–Trinajstić information content (AvgIpc) is 2.06. The van der Waals surface area contributed by atoms with E-state index in [1.54, 1.807) is 6.20 Å². The van der Waals surface area contributed by atoms with E-state index in [-0.39, 0.29) is 12.4 Å². The fraction of sp³-hybridized carbons (Fsp3) is 0.545. The lowest BCUT2D eigenvalue weighted by molar-refractivity contribution is 0.379. The molecule has 2 nitrogen and oxygen atoms in total. The van der Waals surface area contributed by atoms with E-state index in [4.69, 9.17) is 11.6 Å². The SMILES string of the molecule is CC(C)(C)CNCc1ccc(Cl)nc1.Cl. The first-order valence-corrected chi connectivity index (χ1v) is 5.16. The molecule has 1 rings (SSSR count). The largest absolute Gasteiger partial charge is 0.312 e. The molecule has 0 bridgehead atoms. The number of hydrogen-bond donors (Lipinski definition) is 1. The highest BCUT2D eigenvalue weighted by atomic mass is 35.5. The van der Waals surface area contributed by atoms with Gasteiger partial charge in [-0.25, -0.2) is 4.98 Å². The summed E-state index contributed by atoms with van der Waals surface area (Å²) >= 11 is 5.69. The second kappa shape index (κ2) is 6.31. The van der Waals surface area contributed by atoms with Gasteiger partial charge in [-0.05, 0) is 17.0 Å². The summed E-state index contributed by atoms with van der Waals surface area (Å²) < 4.78 is 0. The summed E-state index contributed by atoms with van der Waals surface area (Å²) in [4.78, 5) is 4.02. The van der Waals surface area contributed by atoms with E-state index in [1.165, 1.54) is 5.56 Å². The average molecular weight is 249 g/mol. The predicted molar refractivity (Wildman–Crippen MR) is 67.7 cm³/mol. The molecule has 1 aromatic heterocycles. The van der Waals surface area contributed by atoms with Crippen LogP contribution in [0.1, 0.15) is 26.3 Å². The van der Waals surface area contributed by atoms with Gasteiger partial charge >= 0.3 is 0 Å². The summed E-state index contributed by atoms with van der Waals surface area (Å²) in [5.74, 6) is 0. The molecule has 15 heavy (non-hydrogen) atoms. The Morgan fingerprint density at radius 3 is 2.47 bits per heavy atom. The van der Waals surface area contributed by atoms with Gasteiger partial charge in [-0.15, -0.1) is 12.4 Å². The number of aromatic nitrogens is 1. The van der Waals surface area contributed by atoms with Gasteiger partial charge in [0.1, 0.15) is 5.15 Å². The highest BCUT2D eigenvalue weighted by molar-refractivity contribution is 6.29. The molecular formula is C11H18Cl2N2. The van der Waals surface area contributed by atoms with Gasteiger partial charge in [-0.2, -0.15) is 0 Å². The van der Waals surface area contributed by atoms with Crippen molar-refractivity contribution in [1.29, 1.82) is 0 Å². The van der Waals surface area contributed by atoms with Crippen LogP contribution in [0.5, 0.6) is 0 Å². The van der Waals surface area contributed by atoms with Crippen molar-refractivity contribution in [1.82, 2.24) is 10.3 Å². The predicted octanol–water partition coefficient (Wildman–Crippen LogP) is 3.29. The number of halogens is 2. The van der Waals surface area contributed by atoms with Gasteiger partial charge in [-0.3, -0.25) is 0 Å². The Balaban J connectivity index is 0.00000196. The van der Waals surface area contributed by atoms with Crippen molar-refractivity contribution in [3.05, 3.63) is 29.0 Å². The van der Waals surface area contributed by atoms with Crippen molar-refractivity contribution < 1.29 is 0 Å². The second-order valence-corrected chi connectivity index (χ2v) is 5.04. The molecule has 0 aromatic carbocycles. The summed E-state index contributed by atoms with van der Waals surface area (Å²) in [6, 6.07) is 3.81. The van der Waals surface area contributed by atoms with Gasteiger partial charge in [0.2, 0.25) is 0 Å². The van der Waals surface area contributed by atoms with Crippen molar-refractivity contribution >= 4 is 24.0 Å². The maximum absolute atomic E-state index is 5.69.